The highest BCUT2D eigenvalue weighted by molar-refractivity contribution is 8.18. The average Bonchev–Trinajstić information content (AvgIpc) is 3.32. The predicted molar refractivity (Wildman–Crippen MR) is 137 cm³/mol. The molecule has 10 heteroatoms. The molecule has 1 saturated heterocycles. The number of carbonyl (C=O) groups excluding carboxylic acids is 4. The van der Waals surface area contributed by atoms with Gasteiger partial charge in [0, 0.05) is 28.4 Å². The molecule has 36 heavy (non-hydrogen) atoms. The number of rotatable bonds is 9. The second-order valence-corrected chi connectivity index (χ2v) is 8.80. The second-order valence-electron chi connectivity index (χ2n) is 7.81. The quantitative estimate of drug-likeness (QED) is 0.340. The molecule has 1 aromatic heterocycles. The van der Waals surface area contributed by atoms with Gasteiger partial charge in [-0.1, -0.05) is 18.2 Å². The number of anilines is 1. The number of fused-ring (bicyclic) bond motifs is 1. The minimum absolute atomic E-state index is 0.0232. The van der Waals surface area contributed by atoms with Crippen LogP contribution in [0.3, 0.4) is 0 Å². The van der Waals surface area contributed by atoms with E-state index in [1.54, 1.807) is 48.0 Å². The number of ether oxygens (including phenoxy) is 2. The predicted octanol–water partition coefficient (Wildman–Crippen LogP) is 4.28. The Hall–Kier alpha value is -4.05. The van der Waals surface area contributed by atoms with Gasteiger partial charge in [0.25, 0.3) is 11.1 Å². The molecule has 9 nitrogen and oxygen atoms in total. The molecule has 0 saturated carbocycles. The van der Waals surface area contributed by atoms with Crippen LogP contribution < -0.4 is 10.1 Å². The summed E-state index contributed by atoms with van der Waals surface area (Å²) in [6, 6.07) is 14.3. The standard InChI is InChI=1S/C26H25N3O6S/c1-3-34-19-11-9-18(10-12-19)27-23(30)15-29-25(32)22(36-26(29)33)13-17-14-28(16-24(31)35-4-2)21-8-6-5-7-20(17)21/h5-14H,3-4,15-16H2,1-2H3,(H,27,30)/b22-13+. The Morgan fingerprint density at radius 2 is 1.75 bits per heavy atom. The molecule has 4 rings (SSSR count). The zero-order valence-electron chi connectivity index (χ0n) is 19.9. The van der Waals surface area contributed by atoms with Crippen LogP contribution in [0.15, 0.2) is 59.6 Å². The van der Waals surface area contributed by atoms with E-state index in [1.807, 2.05) is 31.2 Å². The molecule has 1 N–H and O–H groups in total. The van der Waals surface area contributed by atoms with Gasteiger partial charge in [0.1, 0.15) is 18.8 Å². The molecule has 0 atom stereocenters. The van der Waals surface area contributed by atoms with E-state index in [9.17, 15) is 19.2 Å². The lowest BCUT2D eigenvalue weighted by molar-refractivity contribution is -0.143. The third-order valence-electron chi connectivity index (χ3n) is 5.34. The average molecular weight is 508 g/mol. The number of nitrogens with one attached hydrogen (secondary N) is 1. The maximum atomic E-state index is 13.0. The van der Waals surface area contributed by atoms with Gasteiger partial charge in [-0.3, -0.25) is 24.1 Å². The maximum absolute atomic E-state index is 13.0. The Morgan fingerprint density at radius 3 is 2.47 bits per heavy atom. The van der Waals surface area contributed by atoms with Crippen molar-refractivity contribution in [2.75, 3.05) is 25.1 Å². The van der Waals surface area contributed by atoms with E-state index in [-0.39, 0.29) is 24.0 Å². The van der Waals surface area contributed by atoms with Crippen LogP contribution in [0.2, 0.25) is 0 Å². The minimum atomic E-state index is -0.547. The SMILES string of the molecule is CCOC(=O)Cn1cc(/C=C2/SC(=O)N(CC(=O)Nc3ccc(OCC)cc3)C2=O)c2ccccc21. The Morgan fingerprint density at radius 1 is 1.00 bits per heavy atom. The highest BCUT2D eigenvalue weighted by atomic mass is 32.2. The van der Waals surface area contributed by atoms with Crippen LogP contribution in [-0.4, -0.2) is 52.2 Å². The van der Waals surface area contributed by atoms with Crippen molar-refractivity contribution in [3.63, 3.8) is 0 Å². The van der Waals surface area contributed by atoms with E-state index in [0.29, 0.717) is 23.6 Å². The van der Waals surface area contributed by atoms with Crippen LogP contribution in [0.5, 0.6) is 5.75 Å². The smallest absolute Gasteiger partial charge is 0.325 e. The van der Waals surface area contributed by atoms with Crippen LogP contribution in [0.4, 0.5) is 10.5 Å². The molecule has 1 aliphatic heterocycles. The number of carbonyl (C=O) groups is 4. The Bertz CT molecular complexity index is 1350. The van der Waals surface area contributed by atoms with Crippen molar-refractivity contribution in [3.8, 4) is 5.75 Å². The Labute approximate surface area is 212 Å². The molecule has 1 fully saturated rings. The van der Waals surface area contributed by atoms with Crippen molar-refractivity contribution in [1.29, 1.82) is 0 Å². The largest absolute Gasteiger partial charge is 0.494 e. The van der Waals surface area contributed by atoms with Crippen molar-refractivity contribution >= 4 is 57.5 Å². The van der Waals surface area contributed by atoms with Crippen molar-refractivity contribution < 1.29 is 28.7 Å². The zero-order valence-corrected chi connectivity index (χ0v) is 20.7. The summed E-state index contributed by atoms with van der Waals surface area (Å²) in [5.41, 5.74) is 2.00. The van der Waals surface area contributed by atoms with E-state index in [0.717, 1.165) is 27.6 Å². The first-order chi connectivity index (χ1) is 17.4. The van der Waals surface area contributed by atoms with Gasteiger partial charge < -0.3 is 19.4 Å². The highest BCUT2D eigenvalue weighted by Gasteiger charge is 2.36. The molecule has 0 bridgehead atoms. The lowest BCUT2D eigenvalue weighted by Gasteiger charge is -2.12. The van der Waals surface area contributed by atoms with E-state index in [2.05, 4.69) is 5.32 Å². The highest BCUT2D eigenvalue weighted by Crippen LogP contribution is 2.34. The molecular weight excluding hydrogens is 482 g/mol. The molecule has 2 heterocycles. The van der Waals surface area contributed by atoms with Crippen molar-refractivity contribution in [3.05, 3.63) is 65.2 Å². The number of benzene rings is 2. The molecular formula is C26H25N3O6S. The molecule has 2 aromatic carbocycles. The fourth-order valence-electron chi connectivity index (χ4n) is 3.79. The molecule has 0 unspecified atom stereocenters. The lowest BCUT2D eigenvalue weighted by atomic mass is 10.1. The van der Waals surface area contributed by atoms with Gasteiger partial charge >= 0.3 is 5.97 Å². The third-order valence-corrected chi connectivity index (χ3v) is 6.24. The van der Waals surface area contributed by atoms with Gasteiger partial charge in [-0.2, -0.15) is 0 Å². The van der Waals surface area contributed by atoms with E-state index < -0.39 is 23.6 Å². The second kappa shape index (κ2) is 11.1. The molecule has 3 aromatic rings. The van der Waals surface area contributed by atoms with Crippen LogP contribution in [0.1, 0.15) is 19.4 Å². The Balaban J connectivity index is 1.49. The molecule has 0 aliphatic carbocycles. The van der Waals surface area contributed by atoms with Gasteiger partial charge in [-0.05, 0) is 62.0 Å². The zero-order chi connectivity index (χ0) is 25.7. The van der Waals surface area contributed by atoms with Gasteiger partial charge in [0.15, 0.2) is 0 Å². The fourth-order valence-corrected chi connectivity index (χ4v) is 4.62. The summed E-state index contributed by atoms with van der Waals surface area (Å²) in [5, 5.41) is 2.98. The van der Waals surface area contributed by atoms with E-state index in [1.165, 1.54) is 0 Å². The summed E-state index contributed by atoms with van der Waals surface area (Å²) in [4.78, 5) is 51.1. The number of esters is 1. The number of aromatic nitrogens is 1. The maximum Gasteiger partial charge on any atom is 0.325 e. The van der Waals surface area contributed by atoms with Gasteiger partial charge in [-0.15, -0.1) is 0 Å². The summed E-state index contributed by atoms with van der Waals surface area (Å²) in [7, 11) is 0. The van der Waals surface area contributed by atoms with Crippen LogP contribution in [-0.2, 0) is 25.7 Å². The van der Waals surface area contributed by atoms with E-state index >= 15 is 0 Å². The number of thioether (sulfide) groups is 1. The van der Waals surface area contributed by atoms with E-state index in [4.69, 9.17) is 9.47 Å². The van der Waals surface area contributed by atoms with Crippen molar-refractivity contribution in [1.82, 2.24) is 9.47 Å². The molecule has 3 amide bonds. The summed E-state index contributed by atoms with van der Waals surface area (Å²) >= 11 is 0.773. The van der Waals surface area contributed by atoms with Crippen molar-refractivity contribution in [2.45, 2.75) is 20.4 Å². The van der Waals surface area contributed by atoms with Crippen LogP contribution >= 0.6 is 11.8 Å². The third kappa shape index (κ3) is 5.60. The normalized spacial score (nSPS) is 14.5. The monoisotopic (exact) mass is 507 g/mol. The summed E-state index contributed by atoms with van der Waals surface area (Å²) in [6.45, 7) is 4.05. The first kappa shape index (κ1) is 25.1. The van der Waals surface area contributed by atoms with Crippen LogP contribution in [0, 0.1) is 0 Å². The summed E-state index contributed by atoms with van der Waals surface area (Å²) < 4.78 is 12.2. The molecule has 0 spiro atoms. The summed E-state index contributed by atoms with van der Waals surface area (Å²) in [5.74, 6) is -0.735. The molecule has 1 aliphatic rings. The minimum Gasteiger partial charge on any atom is -0.494 e. The van der Waals surface area contributed by atoms with Crippen molar-refractivity contribution in [2.24, 2.45) is 0 Å². The van der Waals surface area contributed by atoms with Crippen LogP contribution in [0.25, 0.3) is 17.0 Å². The van der Waals surface area contributed by atoms with Gasteiger partial charge in [0.05, 0.1) is 18.1 Å². The number of imide groups is 1. The molecule has 0 radical (unpaired) electrons. The Kier molecular flexibility index (Phi) is 7.74. The van der Waals surface area contributed by atoms with Gasteiger partial charge in [-0.25, -0.2) is 0 Å². The number of hydrogen-bond donors (Lipinski definition) is 1. The topological polar surface area (TPSA) is 107 Å². The fraction of sp³-hybridized carbons (Fsp3) is 0.231. The number of para-hydroxylation sites is 1. The molecule has 186 valence electrons. The summed E-state index contributed by atoms with van der Waals surface area (Å²) in [6.07, 6.45) is 3.35. The number of hydrogen-bond acceptors (Lipinski definition) is 7. The first-order valence-corrected chi connectivity index (χ1v) is 12.2. The first-order valence-electron chi connectivity index (χ1n) is 11.4. The number of amides is 3. The van der Waals surface area contributed by atoms with Gasteiger partial charge in [0.2, 0.25) is 5.91 Å². The number of nitrogens with zero attached hydrogens (tertiary/aromatic N) is 2. The lowest BCUT2D eigenvalue weighted by Crippen LogP contribution is -2.36.